The Morgan fingerprint density at radius 3 is 2.60 bits per heavy atom. The van der Waals surface area contributed by atoms with E-state index in [1.165, 1.54) is 23.5 Å². The van der Waals surface area contributed by atoms with Crippen molar-refractivity contribution in [1.82, 2.24) is 19.7 Å². The van der Waals surface area contributed by atoms with Crippen LogP contribution in [0.3, 0.4) is 0 Å². The predicted molar refractivity (Wildman–Crippen MR) is 112 cm³/mol. The van der Waals surface area contributed by atoms with Crippen LogP contribution in [0.2, 0.25) is 0 Å². The van der Waals surface area contributed by atoms with E-state index in [1.807, 2.05) is 9.47 Å². The number of carbonyl (C=O) groups excluding carboxylic acids is 1. The number of fused-ring (bicyclic) bond motifs is 1. The lowest BCUT2D eigenvalue weighted by Gasteiger charge is -2.41. The molecule has 0 bridgehead atoms. The molecule has 0 unspecified atom stereocenters. The minimum atomic E-state index is -0.278. The summed E-state index contributed by atoms with van der Waals surface area (Å²) in [6, 6.07) is 6.58. The van der Waals surface area contributed by atoms with Crippen molar-refractivity contribution in [2.24, 2.45) is 0 Å². The summed E-state index contributed by atoms with van der Waals surface area (Å²) in [5.74, 6) is -0.318. The number of amides is 1. The molecule has 1 fully saturated rings. The first-order chi connectivity index (χ1) is 14.5. The Bertz CT molecular complexity index is 1180. The van der Waals surface area contributed by atoms with Gasteiger partial charge in [-0.15, -0.1) is 10.2 Å². The third-order valence-electron chi connectivity index (χ3n) is 6.04. The standard InChI is InChI=1S/C22H21FN4O2S/c1-13-19-22(29)27(16-3-2-4-16)10-9-26(19)12-17(20(13)28)21-25-24-18(30-21)11-14-5-7-15(23)8-6-14/h5-8,12,16H,2-4,9-11H2,1H3. The van der Waals surface area contributed by atoms with Crippen molar-refractivity contribution in [3.8, 4) is 10.6 Å². The van der Waals surface area contributed by atoms with E-state index >= 15 is 0 Å². The Morgan fingerprint density at radius 1 is 1.13 bits per heavy atom. The molecule has 1 aromatic carbocycles. The highest BCUT2D eigenvalue weighted by Gasteiger charge is 2.35. The molecular weight excluding hydrogens is 403 g/mol. The molecule has 3 heterocycles. The van der Waals surface area contributed by atoms with Crippen LogP contribution >= 0.6 is 11.3 Å². The van der Waals surface area contributed by atoms with Crippen molar-refractivity contribution >= 4 is 17.2 Å². The van der Waals surface area contributed by atoms with Crippen LogP contribution in [0.15, 0.2) is 35.3 Å². The Labute approximate surface area is 177 Å². The lowest BCUT2D eigenvalue weighted by molar-refractivity contribution is 0.0509. The van der Waals surface area contributed by atoms with E-state index in [9.17, 15) is 14.0 Å². The summed E-state index contributed by atoms with van der Waals surface area (Å²) >= 11 is 1.35. The van der Waals surface area contributed by atoms with Crippen LogP contribution in [0.4, 0.5) is 4.39 Å². The van der Waals surface area contributed by atoms with Gasteiger partial charge in [0.1, 0.15) is 16.5 Å². The molecule has 1 saturated carbocycles. The largest absolute Gasteiger partial charge is 0.341 e. The summed E-state index contributed by atoms with van der Waals surface area (Å²) in [5.41, 5.74) is 2.20. The molecule has 8 heteroatoms. The molecule has 5 rings (SSSR count). The van der Waals surface area contributed by atoms with Gasteiger partial charge in [0.2, 0.25) is 0 Å². The fourth-order valence-electron chi connectivity index (χ4n) is 4.13. The van der Waals surface area contributed by atoms with Gasteiger partial charge in [0.05, 0.1) is 5.56 Å². The zero-order valence-corrected chi connectivity index (χ0v) is 17.4. The fourth-order valence-corrected chi connectivity index (χ4v) is 5.01. The van der Waals surface area contributed by atoms with Crippen molar-refractivity contribution in [3.05, 3.63) is 68.3 Å². The van der Waals surface area contributed by atoms with Gasteiger partial charge in [-0.1, -0.05) is 23.5 Å². The number of rotatable bonds is 4. The smallest absolute Gasteiger partial charge is 0.271 e. The maximum Gasteiger partial charge on any atom is 0.271 e. The van der Waals surface area contributed by atoms with Gasteiger partial charge < -0.3 is 9.47 Å². The van der Waals surface area contributed by atoms with Gasteiger partial charge in [-0.2, -0.15) is 0 Å². The number of benzene rings is 1. The van der Waals surface area contributed by atoms with E-state index in [4.69, 9.17) is 0 Å². The monoisotopic (exact) mass is 424 g/mol. The van der Waals surface area contributed by atoms with E-state index in [0.717, 1.165) is 29.8 Å². The average Bonchev–Trinajstić information content (AvgIpc) is 3.15. The third-order valence-corrected chi connectivity index (χ3v) is 7.00. The molecule has 0 N–H and O–H groups in total. The van der Waals surface area contributed by atoms with Gasteiger partial charge in [-0.25, -0.2) is 4.39 Å². The molecule has 3 aromatic rings. The number of pyridine rings is 1. The van der Waals surface area contributed by atoms with Gasteiger partial charge in [0.15, 0.2) is 10.4 Å². The number of aromatic nitrogens is 3. The zero-order chi connectivity index (χ0) is 20.8. The number of hydrogen-bond acceptors (Lipinski definition) is 5. The average molecular weight is 425 g/mol. The molecule has 30 heavy (non-hydrogen) atoms. The lowest BCUT2D eigenvalue weighted by Crippen LogP contribution is -2.50. The minimum absolute atomic E-state index is 0.0404. The summed E-state index contributed by atoms with van der Waals surface area (Å²) < 4.78 is 15.0. The molecule has 2 aliphatic rings. The summed E-state index contributed by atoms with van der Waals surface area (Å²) in [7, 11) is 0. The molecule has 1 amide bonds. The van der Waals surface area contributed by atoms with Crippen LogP contribution in [0.1, 0.15) is 45.9 Å². The van der Waals surface area contributed by atoms with E-state index in [0.29, 0.717) is 47.4 Å². The Balaban J connectivity index is 1.46. The van der Waals surface area contributed by atoms with E-state index < -0.39 is 0 Å². The molecule has 2 aromatic heterocycles. The molecule has 154 valence electrons. The third kappa shape index (κ3) is 3.25. The topological polar surface area (TPSA) is 68.1 Å². The summed E-state index contributed by atoms with van der Waals surface area (Å²) in [6.07, 6.45) is 5.54. The van der Waals surface area contributed by atoms with Crippen molar-refractivity contribution in [2.45, 2.75) is 45.2 Å². The maximum atomic E-state index is 13.1. The van der Waals surface area contributed by atoms with Gasteiger partial charge in [0.25, 0.3) is 5.91 Å². The number of halogens is 1. The second kappa shape index (κ2) is 7.43. The minimum Gasteiger partial charge on any atom is -0.341 e. The molecule has 1 aliphatic heterocycles. The highest BCUT2D eigenvalue weighted by molar-refractivity contribution is 7.14. The van der Waals surface area contributed by atoms with Gasteiger partial charge in [-0.05, 0) is 43.9 Å². The first-order valence-corrected chi connectivity index (χ1v) is 10.9. The molecule has 6 nitrogen and oxygen atoms in total. The molecule has 0 spiro atoms. The Hall–Kier alpha value is -2.87. The molecule has 0 radical (unpaired) electrons. The van der Waals surface area contributed by atoms with Crippen LogP contribution in [-0.2, 0) is 13.0 Å². The Kier molecular flexibility index (Phi) is 4.73. The predicted octanol–water partition coefficient (Wildman–Crippen LogP) is 3.41. The quantitative estimate of drug-likeness (QED) is 0.644. The van der Waals surface area contributed by atoms with Crippen LogP contribution < -0.4 is 5.43 Å². The first-order valence-electron chi connectivity index (χ1n) is 10.1. The summed E-state index contributed by atoms with van der Waals surface area (Å²) in [6.45, 7) is 3.07. The highest BCUT2D eigenvalue weighted by Crippen LogP contribution is 2.30. The van der Waals surface area contributed by atoms with Gasteiger partial charge >= 0.3 is 0 Å². The lowest BCUT2D eigenvalue weighted by atomic mass is 9.90. The highest BCUT2D eigenvalue weighted by atomic mass is 32.1. The van der Waals surface area contributed by atoms with Gasteiger partial charge in [-0.3, -0.25) is 9.59 Å². The second-order valence-electron chi connectivity index (χ2n) is 7.93. The normalized spacial score (nSPS) is 16.5. The van der Waals surface area contributed by atoms with Crippen molar-refractivity contribution in [1.29, 1.82) is 0 Å². The first kappa shape index (κ1) is 19.1. The maximum absolute atomic E-state index is 13.1. The molecule has 0 atom stereocenters. The van der Waals surface area contributed by atoms with Crippen molar-refractivity contribution in [3.63, 3.8) is 0 Å². The summed E-state index contributed by atoms with van der Waals surface area (Å²) in [4.78, 5) is 28.0. The SMILES string of the molecule is Cc1c2n(cc(-c3nnc(Cc4ccc(F)cc4)s3)c1=O)CCN(C1CCC1)C2=O. The van der Waals surface area contributed by atoms with Crippen molar-refractivity contribution in [2.75, 3.05) is 6.54 Å². The number of carbonyl (C=O) groups is 1. The van der Waals surface area contributed by atoms with Crippen LogP contribution in [0.5, 0.6) is 0 Å². The molecule has 0 saturated heterocycles. The fraction of sp³-hybridized carbons (Fsp3) is 0.364. The Morgan fingerprint density at radius 2 is 1.90 bits per heavy atom. The number of nitrogens with zero attached hydrogens (tertiary/aromatic N) is 4. The zero-order valence-electron chi connectivity index (χ0n) is 16.6. The molecule has 1 aliphatic carbocycles. The van der Waals surface area contributed by atoms with E-state index in [-0.39, 0.29) is 17.2 Å². The molecular formula is C22H21FN4O2S. The van der Waals surface area contributed by atoms with E-state index in [1.54, 1.807) is 25.3 Å². The number of hydrogen-bond donors (Lipinski definition) is 0. The van der Waals surface area contributed by atoms with E-state index in [2.05, 4.69) is 10.2 Å². The summed E-state index contributed by atoms with van der Waals surface area (Å²) in [5, 5.41) is 9.73. The van der Waals surface area contributed by atoms with Crippen LogP contribution in [-0.4, -0.2) is 38.2 Å². The van der Waals surface area contributed by atoms with Gasteiger partial charge in [0, 0.05) is 37.3 Å². The van der Waals surface area contributed by atoms with Crippen LogP contribution in [0.25, 0.3) is 10.6 Å². The van der Waals surface area contributed by atoms with Crippen molar-refractivity contribution < 1.29 is 9.18 Å². The van der Waals surface area contributed by atoms with Crippen LogP contribution in [0, 0.1) is 12.7 Å². The second-order valence-corrected chi connectivity index (χ2v) is 8.99.